The molecule has 1 heterocycles. The monoisotopic (exact) mass is 428 g/mol. The van der Waals surface area contributed by atoms with E-state index in [-0.39, 0.29) is 24.0 Å². The van der Waals surface area contributed by atoms with Crippen LogP contribution in [0.5, 0.6) is 11.5 Å². The molecule has 1 unspecified atom stereocenters. The SMILES string of the molecule is CCOC(=O)COc1c(Cl)cc(C2NC(=S)NC(C)=C2C(=O)OC)cc1OC. The summed E-state index contributed by atoms with van der Waals surface area (Å²) in [5.74, 6) is -0.554. The van der Waals surface area contributed by atoms with Gasteiger partial charge in [0, 0.05) is 5.70 Å². The molecule has 0 fully saturated rings. The van der Waals surface area contributed by atoms with Gasteiger partial charge in [0.05, 0.1) is 37.5 Å². The van der Waals surface area contributed by atoms with Gasteiger partial charge in [-0.15, -0.1) is 0 Å². The largest absolute Gasteiger partial charge is 0.493 e. The van der Waals surface area contributed by atoms with E-state index in [1.54, 1.807) is 26.0 Å². The Kier molecular flexibility index (Phi) is 7.47. The number of methoxy groups -OCH3 is 2. The Morgan fingerprint density at radius 1 is 1.29 bits per heavy atom. The second kappa shape index (κ2) is 9.61. The highest BCUT2D eigenvalue weighted by Crippen LogP contribution is 2.40. The number of rotatable bonds is 7. The maximum Gasteiger partial charge on any atom is 0.344 e. The third-order valence-corrected chi connectivity index (χ3v) is 4.40. The fraction of sp³-hybridized carbons (Fsp3) is 0.389. The quantitative estimate of drug-likeness (QED) is 0.500. The summed E-state index contributed by atoms with van der Waals surface area (Å²) in [6, 6.07) is 2.65. The van der Waals surface area contributed by atoms with Crippen LogP contribution < -0.4 is 20.1 Å². The smallest absolute Gasteiger partial charge is 0.344 e. The third-order valence-electron chi connectivity index (χ3n) is 3.90. The van der Waals surface area contributed by atoms with Crippen LogP contribution in [0, 0.1) is 0 Å². The molecule has 1 aromatic carbocycles. The molecule has 8 nitrogen and oxygen atoms in total. The molecule has 0 saturated carbocycles. The van der Waals surface area contributed by atoms with Crippen LogP contribution in [0.3, 0.4) is 0 Å². The molecule has 1 aliphatic heterocycles. The number of esters is 2. The number of carbonyl (C=O) groups excluding carboxylic acids is 2. The summed E-state index contributed by atoms with van der Waals surface area (Å²) in [5, 5.41) is 6.48. The average molecular weight is 429 g/mol. The minimum atomic E-state index is -0.605. The van der Waals surface area contributed by atoms with Crippen molar-refractivity contribution in [3.05, 3.63) is 34.0 Å². The van der Waals surface area contributed by atoms with Crippen molar-refractivity contribution >= 4 is 40.9 Å². The molecule has 2 N–H and O–H groups in total. The molecule has 0 radical (unpaired) electrons. The van der Waals surface area contributed by atoms with E-state index in [1.807, 2.05) is 0 Å². The van der Waals surface area contributed by atoms with Crippen LogP contribution in [0.15, 0.2) is 23.4 Å². The van der Waals surface area contributed by atoms with E-state index >= 15 is 0 Å². The Morgan fingerprint density at radius 2 is 2.00 bits per heavy atom. The number of allylic oxidation sites excluding steroid dienone is 1. The second-order valence-electron chi connectivity index (χ2n) is 5.69. The van der Waals surface area contributed by atoms with Gasteiger partial charge in [-0.2, -0.15) is 0 Å². The lowest BCUT2D eigenvalue weighted by Crippen LogP contribution is -2.45. The molecule has 1 aliphatic rings. The predicted molar refractivity (Wildman–Crippen MR) is 106 cm³/mol. The summed E-state index contributed by atoms with van der Waals surface area (Å²) in [5.41, 5.74) is 1.53. The summed E-state index contributed by atoms with van der Waals surface area (Å²) in [6.07, 6.45) is 0. The highest BCUT2D eigenvalue weighted by molar-refractivity contribution is 7.80. The van der Waals surface area contributed by atoms with Crippen molar-refractivity contribution in [1.82, 2.24) is 10.6 Å². The maximum atomic E-state index is 12.3. The normalized spacial score (nSPS) is 16.0. The van der Waals surface area contributed by atoms with Gasteiger partial charge in [-0.3, -0.25) is 0 Å². The van der Waals surface area contributed by atoms with Crippen LogP contribution in [0.1, 0.15) is 25.5 Å². The molecule has 0 amide bonds. The van der Waals surface area contributed by atoms with Crippen molar-refractivity contribution < 1.29 is 28.5 Å². The minimum absolute atomic E-state index is 0.192. The Hall–Kier alpha value is -2.52. The van der Waals surface area contributed by atoms with Gasteiger partial charge in [-0.25, -0.2) is 9.59 Å². The van der Waals surface area contributed by atoms with E-state index in [4.69, 9.17) is 42.8 Å². The number of carbonyl (C=O) groups is 2. The topological polar surface area (TPSA) is 95.1 Å². The zero-order chi connectivity index (χ0) is 20.8. The van der Waals surface area contributed by atoms with Crippen molar-refractivity contribution in [3.63, 3.8) is 0 Å². The van der Waals surface area contributed by atoms with Crippen LogP contribution in [0.2, 0.25) is 5.02 Å². The molecule has 1 aromatic rings. The highest BCUT2D eigenvalue weighted by Gasteiger charge is 2.32. The van der Waals surface area contributed by atoms with E-state index in [9.17, 15) is 9.59 Å². The van der Waals surface area contributed by atoms with E-state index in [2.05, 4.69) is 10.6 Å². The van der Waals surface area contributed by atoms with Gasteiger partial charge in [-0.1, -0.05) is 11.6 Å². The number of halogens is 1. The Labute approximate surface area is 173 Å². The molecule has 0 saturated heterocycles. The lowest BCUT2D eigenvalue weighted by molar-refractivity contribution is -0.145. The molecular formula is C18H21ClN2O6S. The van der Waals surface area contributed by atoms with Crippen molar-refractivity contribution in [3.8, 4) is 11.5 Å². The highest BCUT2D eigenvalue weighted by atomic mass is 35.5. The van der Waals surface area contributed by atoms with Crippen LogP contribution in [-0.2, 0) is 19.1 Å². The fourth-order valence-electron chi connectivity index (χ4n) is 2.70. The van der Waals surface area contributed by atoms with Crippen molar-refractivity contribution in [2.24, 2.45) is 0 Å². The average Bonchev–Trinajstić information content (AvgIpc) is 2.65. The van der Waals surface area contributed by atoms with Gasteiger partial charge in [0.1, 0.15) is 0 Å². The van der Waals surface area contributed by atoms with Gasteiger partial charge in [0.2, 0.25) is 0 Å². The molecule has 1 atom stereocenters. The van der Waals surface area contributed by atoms with E-state index < -0.39 is 18.0 Å². The van der Waals surface area contributed by atoms with Crippen molar-refractivity contribution in [1.29, 1.82) is 0 Å². The number of hydrogen-bond donors (Lipinski definition) is 2. The zero-order valence-corrected chi connectivity index (χ0v) is 17.5. The first-order valence-electron chi connectivity index (χ1n) is 8.34. The van der Waals surface area contributed by atoms with E-state index in [1.165, 1.54) is 14.2 Å². The lowest BCUT2D eigenvalue weighted by Gasteiger charge is -2.30. The maximum absolute atomic E-state index is 12.3. The number of hydrogen-bond acceptors (Lipinski definition) is 7. The first kappa shape index (κ1) is 21.8. The third kappa shape index (κ3) is 4.85. The fourth-order valence-corrected chi connectivity index (χ4v) is 3.25. The van der Waals surface area contributed by atoms with E-state index in [0.29, 0.717) is 27.7 Å². The number of thiocarbonyl (C=S) groups is 1. The molecule has 0 bridgehead atoms. The zero-order valence-electron chi connectivity index (χ0n) is 15.9. The number of nitrogens with one attached hydrogen (secondary N) is 2. The predicted octanol–water partition coefficient (Wildman–Crippen LogP) is 2.26. The van der Waals surface area contributed by atoms with Gasteiger partial charge in [-0.05, 0) is 43.8 Å². The Balaban J connectivity index is 2.41. The first-order valence-corrected chi connectivity index (χ1v) is 9.13. The molecular weight excluding hydrogens is 408 g/mol. The summed E-state index contributed by atoms with van der Waals surface area (Å²) < 4.78 is 20.5. The van der Waals surface area contributed by atoms with Crippen LogP contribution in [0.25, 0.3) is 0 Å². The Morgan fingerprint density at radius 3 is 2.61 bits per heavy atom. The summed E-state index contributed by atoms with van der Waals surface area (Å²) >= 11 is 11.6. The standard InChI is InChI=1S/C18H21ClN2O6S/c1-5-26-13(22)8-27-16-11(19)6-10(7-12(16)24-3)15-14(17(23)25-4)9(2)20-18(28)21-15/h6-7,15H,5,8H2,1-4H3,(H2,20,21,28). The molecule has 152 valence electrons. The first-order chi connectivity index (χ1) is 13.3. The van der Waals surface area contributed by atoms with Crippen LogP contribution in [-0.4, -0.2) is 44.5 Å². The van der Waals surface area contributed by atoms with Crippen LogP contribution in [0.4, 0.5) is 0 Å². The molecule has 2 rings (SSSR count). The molecule has 0 aliphatic carbocycles. The van der Waals surface area contributed by atoms with Crippen LogP contribution >= 0.6 is 23.8 Å². The van der Waals surface area contributed by atoms with Gasteiger partial charge >= 0.3 is 11.9 Å². The second-order valence-corrected chi connectivity index (χ2v) is 6.50. The summed E-state index contributed by atoms with van der Waals surface area (Å²) in [7, 11) is 2.74. The molecule has 0 spiro atoms. The van der Waals surface area contributed by atoms with Gasteiger partial charge in [0.25, 0.3) is 0 Å². The number of benzene rings is 1. The van der Waals surface area contributed by atoms with Gasteiger partial charge in [0.15, 0.2) is 23.2 Å². The van der Waals surface area contributed by atoms with Gasteiger partial charge < -0.3 is 29.6 Å². The summed E-state index contributed by atoms with van der Waals surface area (Å²) in [4.78, 5) is 23.8. The summed E-state index contributed by atoms with van der Waals surface area (Å²) in [6.45, 7) is 3.35. The number of ether oxygens (including phenoxy) is 4. The molecule has 10 heteroatoms. The van der Waals surface area contributed by atoms with E-state index in [0.717, 1.165) is 0 Å². The minimum Gasteiger partial charge on any atom is -0.493 e. The Bertz CT molecular complexity index is 827. The molecule has 28 heavy (non-hydrogen) atoms. The van der Waals surface area contributed by atoms with Crippen molar-refractivity contribution in [2.45, 2.75) is 19.9 Å². The van der Waals surface area contributed by atoms with Crippen molar-refractivity contribution in [2.75, 3.05) is 27.4 Å². The lowest BCUT2D eigenvalue weighted by atomic mass is 9.95. The molecule has 0 aromatic heterocycles.